The van der Waals surface area contributed by atoms with Crippen molar-refractivity contribution in [3.63, 3.8) is 0 Å². The van der Waals surface area contributed by atoms with Gasteiger partial charge in [0, 0.05) is 31.5 Å². The molecule has 0 saturated carbocycles. The smallest absolute Gasteiger partial charge is 0.304 e. The fourth-order valence-corrected chi connectivity index (χ4v) is 3.96. The Kier molecular flexibility index (Phi) is 4.89. The molecule has 5 nitrogen and oxygen atoms in total. The number of hydrogen-bond donors (Lipinski definition) is 0. The van der Waals surface area contributed by atoms with Gasteiger partial charge in [-0.3, -0.25) is 14.7 Å². The molecule has 2 aliphatic heterocycles. The quantitative estimate of drug-likeness (QED) is 0.810. The summed E-state index contributed by atoms with van der Waals surface area (Å²) in [6.07, 6.45) is -1.17. The molecule has 1 amide bonds. The average Bonchev–Trinajstić information content (AvgIpc) is 2.69. The van der Waals surface area contributed by atoms with Gasteiger partial charge in [0.15, 0.2) is 0 Å². The van der Waals surface area contributed by atoms with Crippen LogP contribution in [0.3, 0.4) is 0 Å². The summed E-state index contributed by atoms with van der Waals surface area (Å²) in [7, 11) is 0. The number of hydrogen-bond acceptors (Lipinski definition) is 4. The van der Waals surface area contributed by atoms with Gasteiger partial charge in [0.2, 0.25) is 0 Å². The SMILES string of the molecule is Cc1cccnc1CN1CCC2(CC1)CN(c1ccccc1)C(=O)C(F)(F)O2. The minimum atomic E-state index is -3.81. The predicted octanol–water partition coefficient (Wildman–Crippen LogP) is 3.38. The molecule has 1 spiro atoms. The van der Waals surface area contributed by atoms with Crippen molar-refractivity contribution in [3.8, 4) is 0 Å². The van der Waals surface area contributed by atoms with E-state index < -0.39 is 17.6 Å². The zero-order chi connectivity index (χ0) is 19.8. The lowest BCUT2D eigenvalue weighted by atomic mass is 9.88. The maximum absolute atomic E-state index is 14.4. The standard InChI is InChI=1S/C21H23F2N3O2/c1-16-6-5-11-24-18(16)14-25-12-9-20(10-13-25)15-26(17-7-3-2-4-8-17)19(27)21(22,23)28-20/h2-8,11H,9-10,12-15H2,1H3. The molecule has 0 N–H and O–H groups in total. The zero-order valence-corrected chi connectivity index (χ0v) is 15.8. The van der Waals surface area contributed by atoms with Crippen LogP contribution in [0.1, 0.15) is 24.1 Å². The number of aryl methyl sites for hydroxylation is 1. The number of rotatable bonds is 3. The minimum absolute atomic E-state index is 0.141. The highest BCUT2D eigenvalue weighted by Crippen LogP contribution is 2.40. The molecular weight excluding hydrogens is 364 g/mol. The van der Waals surface area contributed by atoms with E-state index >= 15 is 0 Å². The van der Waals surface area contributed by atoms with E-state index in [1.807, 2.05) is 19.1 Å². The fraction of sp³-hybridized carbons (Fsp3) is 0.429. The number of anilines is 1. The van der Waals surface area contributed by atoms with Crippen molar-refractivity contribution in [2.45, 2.75) is 38.0 Å². The molecule has 0 unspecified atom stereocenters. The Balaban J connectivity index is 1.49. The summed E-state index contributed by atoms with van der Waals surface area (Å²) in [6.45, 7) is 4.07. The third-order valence-corrected chi connectivity index (χ3v) is 5.61. The Bertz CT molecular complexity index is 852. The van der Waals surface area contributed by atoms with Gasteiger partial charge in [-0.25, -0.2) is 0 Å². The largest absolute Gasteiger partial charge is 0.437 e. The second kappa shape index (κ2) is 7.22. The number of amides is 1. The Hall–Kier alpha value is -2.38. The summed E-state index contributed by atoms with van der Waals surface area (Å²) in [5, 5.41) is 0. The van der Waals surface area contributed by atoms with Gasteiger partial charge in [-0.1, -0.05) is 24.3 Å². The van der Waals surface area contributed by atoms with Crippen LogP contribution in [0.15, 0.2) is 48.7 Å². The van der Waals surface area contributed by atoms with E-state index in [1.165, 1.54) is 4.90 Å². The van der Waals surface area contributed by atoms with Crippen molar-refractivity contribution in [1.82, 2.24) is 9.88 Å². The van der Waals surface area contributed by atoms with E-state index in [-0.39, 0.29) is 6.54 Å². The average molecular weight is 387 g/mol. The Labute approximate surface area is 162 Å². The van der Waals surface area contributed by atoms with Crippen molar-refractivity contribution in [3.05, 3.63) is 59.9 Å². The molecule has 0 atom stereocenters. The second-order valence-electron chi connectivity index (χ2n) is 7.57. The molecule has 28 heavy (non-hydrogen) atoms. The number of alkyl halides is 2. The van der Waals surface area contributed by atoms with Crippen LogP contribution in [0.2, 0.25) is 0 Å². The van der Waals surface area contributed by atoms with E-state index in [1.54, 1.807) is 36.5 Å². The van der Waals surface area contributed by atoms with Crippen LogP contribution in [0.25, 0.3) is 0 Å². The first-order valence-corrected chi connectivity index (χ1v) is 9.46. The highest BCUT2D eigenvalue weighted by atomic mass is 19.3. The number of carbonyl (C=O) groups is 1. The predicted molar refractivity (Wildman–Crippen MR) is 101 cm³/mol. The molecule has 0 aliphatic carbocycles. The number of likely N-dealkylation sites (tertiary alicyclic amines) is 1. The van der Waals surface area contributed by atoms with Crippen molar-refractivity contribution in [2.24, 2.45) is 0 Å². The number of morpholine rings is 1. The summed E-state index contributed by atoms with van der Waals surface area (Å²) >= 11 is 0. The monoisotopic (exact) mass is 387 g/mol. The highest BCUT2D eigenvalue weighted by Gasteiger charge is 2.57. The lowest BCUT2D eigenvalue weighted by Gasteiger charge is -2.48. The van der Waals surface area contributed by atoms with Gasteiger partial charge < -0.3 is 9.64 Å². The summed E-state index contributed by atoms with van der Waals surface area (Å²) in [5.74, 6) is -1.30. The highest BCUT2D eigenvalue weighted by molar-refractivity contribution is 5.98. The summed E-state index contributed by atoms with van der Waals surface area (Å²) in [5.41, 5.74) is 1.54. The lowest BCUT2D eigenvalue weighted by Crippen LogP contribution is -2.64. The molecular formula is C21H23F2N3O2. The van der Waals surface area contributed by atoms with Crippen molar-refractivity contribution in [2.75, 3.05) is 24.5 Å². The van der Waals surface area contributed by atoms with Gasteiger partial charge in [-0.15, -0.1) is 0 Å². The molecule has 1 aromatic heterocycles. The number of aromatic nitrogens is 1. The van der Waals surface area contributed by atoms with Crippen LogP contribution in [0, 0.1) is 6.92 Å². The maximum Gasteiger partial charge on any atom is 0.437 e. The van der Waals surface area contributed by atoms with E-state index in [2.05, 4.69) is 9.88 Å². The van der Waals surface area contributed by atoms with E-state index in [4.69, 9.17) is 4.74 Å². The van der Waals surface area contributed by atoms with Gasteiger partial charge in [0.25, 0.3) is 0 Å². The number of carbonyl (C=O) groups excluding carboxylic acids is 1. The number of piperidine rings is 1. The summed E-state index contributed by atoms with van der Waals surface area (Å²) in [4.78, 5) is 20.0. The molecule has 0 radical (unpaired) electrons. The molecule has 4 rings (SSSR count). The van der Waals surface area contributed by atoms with E-state index in [9.17, 15) is 13.6 Å². The molecule has 0 bridgehead atoms. The molecule has 1 aromatic carbocycles. The first-order valence-electron chi connectivity index (χ1n) is 9.46. The number of halogens is 2. The molecule has 3 heterocycles. The van der Waals surface area contributed by atoms with Gasteiger partial charge in [-0.05, 0) is 43.5 Å². The molecule has 2 saturated heterocycles. The summed E-state index contributed by atoms with van der Waals surface area (Å²) in [6, 6.07) is 12.5. The number of nitrogens with zero attached hydrogens (tertiary/aromatic N) is 3. The zero-order valence-electron chi connectivity index (χ0n) is 15.8. The molecule has 2 aromatic rings. The third kappa shape index (κ3) is 3.64. The molecule has 7 heteroatoms. The number of ether oxygens (including phenoxy) is 1. The van der Waals surface area contributed by atoms with Gasteiger partial charge in [-0.2, -0.15) is 8.78 Å². The van der Waals surface area contributed by atoms with Gasteiger partial charge >= 0.3 is 12.0 Å². The lowest BCUT2D eigenvalue weighted by molar-refractivity contribution is -0.293. The van der Waals surface area contributed by atoms with Gasteiger partial charge in [0.1, 0.15) is 0 Å². The van der Waals surface area contributed by atoms with Crippen molar-refractivity contribution >= 4 is 11.6 Å². The van der Waals surface area contributed by atoms with Gasteiger partial charge in [0.05, 0.1) is 17.8 Å². The van der Waals surface area contributed by atoms with Crippen LogP contribution in [0.4, 0.5) is 14.5 Å². The minimum Gasteiger partial charge on any atom is -0.304 e. The van der Waals surface area contributed by atoms with Crippen molar-refractivity contribution in [1.29, 1.82) is 0 Å². The van der Waals surface area contributed by atoms with Crippen LogP contribution in [-0.2, 0) is 16.1 Å². The normalized spacial score (nSPS) is 21.8. The molecule has 2 aliphatic rings. The first-order chi connectivity index (χ1) is 13.4. The van der Waals surface area contributed by atoms with Crippen LogP contribution in [0.5, 0.6) is 0 Å². The Morgan fingerprint density at radius 3 is 2.50 bits per heavy atom. The fourth-order valence-electron chi connectivity index (χ4n) is 3.96. The maximum atomic E-state index is 14.4. The number of benzene rings is 1. The number of para-hydroxylation sites is 1. The molecule has 148 valence electrons. The van der Waals surface area contributed by atoms with Crippen LogP contribution >= 0.6 is 0 Å². The second-order valence-corrected chi connectivity index (χ2v) is 7.57. The first kappa shape index (κ1) is 19.0. The Morgan fingerprint density at radius 1 is 1.11 bits per heavy atom. The van der Waals surface area contributed by atoms with Crippen LogP contribution in [-0.4, -0.2) is 47.1 Å². The van der Waals surface area contributed by atoms with E-state index in [0.717, 1.165) is 11.3 Å². The van der Waals surface area contributed by atoms with Crippen LogP contribution < -0.4 is 4.90 Å². The number of pyridine rings is 1. The van der Waals surface area contributed by atoms with E-state index in [0.29, 0.717) is 38.2 Å². The summed E-state index contributed by atoms with van der Waals surface area (Å²) < 4.78 is 34.0. The topological polar surface area (TPSA) is 45.7 Å². The Morgan fingerprint density at radius 2 is 1.82 bits per heavy atom. The molecule has 2 fully saturated rings. The van der Waals surface area contributed by atoms with Crippen molar-refractivity contribution < 1.29 is 18.3 Å². The third-order valence-electron chi connectivity index (χ3n) is 5.61.